The number of carbonyl (C=O) groups excluding carboxylic acids is 1. The summed E-state index contributed by atoms with van der Waals surface area (Å²) in [7, 11) is 0. The van der Waals surface area contributed by atoms with Gasteiger partial charge >= 0.3 is 0 Å². The minimum Gasteiger partial charge on any atom is -0.304 e. The maximum atomic E-state index is 12.7. The topological polar surface area (TPSA) is 54.9 Å². The van der Waals surface area contributed by atoms with Crippen molar-refractivity contribution in [3.63, 3.8) is 0 Å². The van der Waals surface area contributed by atoms with E-state index in [1.165, 1.54) is 30.6 Å². The summed E-state index contributed by atoms with van der Waals surface area (Å²) in [5.74, 6) is -0.530. The number of carbonyl (C=O) groups is 1. The summed E-state index contributed by atoms with van der Waals surface area (Å²) in [6.07, 6.45) is 5.70. The fourth-order valence-corrected chi connectivity index (χ4v) is 1.46. The van der Waals surface area contributed by atoms with Gasteiger partial charge in [-0.05, 0) is 23.8 Å². The molecule has 0 aliphatic heterocycles. The summed E-state index contributed by atoms with van der Waals surface area (Å²) in [5, 5.41) is 2.60. The lowest BCUT2D eigenvalue weighted by Gasteiger charge is -2.01. The maximum Gasteiger partial charge on any atom is 0.249 e. The second-order valence-electron chi connectivity index (χ2n) is 3.57. The number of hydrogen-bond donors (Lipinski definition) is 1. The predicted molar refractivity (Wildman–Crippen MR) is 71.1 cm³/mol. The molecule has 1 aromatic carbocycles. The van der Waals surface area contributed by atoms with E-state index in [4.69, 9.17) is 11.6 Å². The number of anilines is 1. The standard InChI is InChI=1S/C13H9ClFN3O/c14-12-13(17-8-7-16-12)18-11(19)6-3-9-1-4-10(15)5-2-9/h1-8H,(H,17,18,19)/b6-3+. The summed E-state index contributed by atoms with van der Waals surface area (Å²) >= 11 is 5.75. The fourth-order valence-electron chi connectivity index (χ4n) is 1.31. The van der Waals surface area contributed by atoms with E-state index in [1.54, 1.807) is 18.2 Å². The van der Waals surface area contributed by atoms with Crippen LogP contribution in [-0.4, -0.2) is 15.9 Å². The molecule has 1 N–H and O–H groups in total. The molecule has 2 aromatic rings. The second-order valence-corrected chi connectivity index (χ2v) is 3.93. The molecule has 0 fully saturated rings. The summed E-state index contributed by atoms with van der Waals surface area (Å²) in [6, 6.07) is 5.76. The smallest absolute Gasteiger partial charge is 0.249 e. The van der Waals surface area contributed by atoms with E-state index in [0.29, 0.717) is 5.56 Å². The average Bonchev–Trinajstić information content (AvgIpc) is 2.41. The van der Waals surface area contributed by atoms with Crippen LogP contribution < -0.4 is 5.32 Å². The Hall–Kier alpha value is -2.27. The average molecular weight is 278 g/mol. The lowest BCUT2D eigenvalue weighted by atomic mass is 10.2. The van der Waals surface area contributed by atoms with Gasteiger partial charge in [0.05, 0.1) is 0 Å². The van der Waals surface area contributed by atoms with Gasteiger partial charge in [0.1, 0.15) is 5.82 Å². The molecule has 0 saturated carbocycles. The molecule has 0 atom stereocenters. The Morgan fingerprint density at radius 1 is 1.21 bits per heavy atom. The Morgan fingerprint density at radius 2 is 1.89 bits per heavy atom. The lowest BCUT2D eigenvalue weighted by molar-refractivity contribution is -0.111. The van der Waals surface area contributed by atoms with Gasteiger partial charge in [-0.3, -0.25) is 4.79 Å². The molecule has 1 heterocycles. The molecule has 19 heavy (non-hydrogen) atoms. The highest BCUT2D eigenvalue weighted by Crippen LogP contribution is 2.14. The Morgan fingerprint density at radius 3 is 2.58 bits per heavy atom. The van der Waals surface area contributed by atoms with Gasteiger partial charge in [-0.15, -0.1) is 0 Å². The third kappa shape index (κ3) is 3.86. The van der Waals surface area contributed by atoms with Crippen LogP contribution in [0, 0.1) is 5.82 Å². The minimum atomic E-state index is -0.397. The molecular weight excluding hydrogens is 269 g/mol. The van der Waals surface area contributed by atoms with Crippen molar-refractivity contribution in [2.45, 2.75) is 0 Å². The van der Waals surface area contributed by atoms with E-state index >= 15 is 0 Å². The van der Waals surface area contributed by atoms with E-state index in [9.17, 15) is 9.18 Å². The third-order valence-corrected chi connectivity index (χ3v) is 2.47. The van der Waals surface area contributed by atoms with Crippen LogP contribution in [0.25, 0.3) is 6.08 Å². The first kappa shape index (κ1) is 13.2. The normalized spacial score (nSPS) is 10.6. The van der Waals surface area contributed by atoms with Crippen molar-refractivity contribution in [3.05, 3.63) is 59.3 Å². The third-order valence-electron chi connectivity index (χ3n) is 2.19. The highest BCUT2D eigenvalue weighted by atomic mass is 35.5. The van der Waals surface area contributed by atoms with Crippen LogP contribution in [0.15, 0.2) is 42.7 Å². The Kier molecular flexibility index (Phi) is 4.20. The Bertz CT molecular complexity index is 614. The SMILES string of the molecule is O=C(/C=C/c1ccc(F)cc1)Nc1nccnc1Cl. The molecule has 0 saturated heterocycles. The fraction of sp³-hybridized carbons (Fsp3) is 0. The summed E-state index contributed by atoms with van der Waals surface area (Å²) < 4.78 is 12.7. The monoisotopic (exact) mass is 277 g/mol. The number of halogens is 2. The minimum absolute atomic E-state index is 0.117. The lowest BCUT2D eigenvalue weighted by Crippen LogP contribution is -2.09. The van der Waals surface area contributed by atoms with Crippen molar-refractivity contribution < 1.29 is 9.18 Å². The number of hydrogen-bond acceptors (Lipinski definition) is 3. The van der Waals surface area contributed by atoms with Crippen molar-refractivity contribution >= 4 is 29.4 Å². The molecule has 0 aliphatic rings. The van der Waals surface area contributed by atoms with Crippen molar-refractivity contribution in [3.8, 4) is 0 Å². The number of rotatable bonds is 3. The van der Waals surface area contributed by atoms with Gasteiger partial charge < -0.3 is 5.32 Å². The zero-order valence-corrected chi connectivity index (χ0v) is 10.4. The first-order chi connectivity index (χ1) is 9.15. The van der Waals surface area contributed by atoms with Crippen molar-refractivity contribution in [1.82, 2.24) is 9.97 Å². The quantitative estimate of drug-likeness (QED) is 0.878. The zero-order valence-electron chi connectivity index (χ0n) is 9.68. The molecule has 0 bridgehead atoms. The molecule has 1 amide bonds. The molecule has 0 radical (unpaired) electrons. The number of nitrogens with one attached hydrogen (secondary N) is 1. The molecular formula is C13H9ClFN3O. The first-order valence-corrected chi connectivity index (χ1v) is 5.74. The van der Waals surface area contributed by atoms with Gasteiger partial charge in [-0.1, -0.05) is 23.7 Å². The van der Waals surface area contributed by atoms with Crippen molar-refractivity contribution in [2.24, 2.45) is 0 Å². The molecule has 6 heteroatoms. The molecule has 96 valence electrons. The molecule has 1 aromatic heterocycles. The number of benzene rings is 1. The van der Waals surface area contributed by atoms with Gasteiger partial charge in [-0.25, -0.2) is 14.4 Å². The summed E-state index contributed by atoms with van der Waals surface area (Å²) in [5.41, 5.74) is 0.710. The van der Waals surface area contributed by atoms with Crippen molar-refractivity contribution in [1.29, 1.82) is 0 Å². The molecule has 0 spiro atoms. The maximum absolute atomic E-state index is 12.7. The number of nitrogens with zero attached hydrogens (tertiary/aromatic N) is 2. The van der Waals surface area contributed by atoms with Crippen LogP contribution in [0.1, 0.15) is 5.56 Å². The van der Waals surface area contributed by atoms with Crippen LogP contribution >= 0.6 is 11.6 Å². The van der Waals surface area contributed by atoms with Gasteiger partial charge in [0, 0.05) is 18.5 Å². The number of aromatic nitrogens is 2. The van der Waals surface area contributed by atoms with E-state index in [2.05, 4.69) is 15.3 Å². The molecule has 2 rings (SSSR count). The van der Waals surface area contributed by atoms with Crippen LogP contribution in [0.5, 0.6) is 0 Å². The highest BCUT2D eigenvalue weighted by molar-refractivity contribution is 6.32. The van der Waals surface area contributed by atoms with E-state index in [1.807, 2.05) is 0 Å². The van der Waals surface area contributed by atoms with E-state index in [-0.39, 0.29) is 16.8 Å². The molecule has 4 nitrogen and oxygen atoms in total. The van der Waals surface area contributed by atoms with Crippen LogP contribution in [0.3, 0.4) is 0 Å². The van der Waals surface area contributed by atoms with Crippen LogP contribution in [-0.2, 0) is 4.79 Å². The van der Waals surface area contributed by atoms with Crippen LogP contribution in [0.2, 0.25) is 5.15 Å². The molecule has 0 aliphatic carbocycles. The Labute approximate surface area is 114 Å². The largest absolute Gasteiger partial charge is 0.304 e. The Balaban J connectivity index is 2.02. The number of amides is 1. The van der Waals surface area contributed by atoms with Crippen molar-refractivity contribution in [2.75, 3.05) is 5.32 Å². The van der Waals surface area contributed by atoms with Gasteiger partial charge in [-0.2, -0.15) is 0 Å². The van der Waals surface area contributed by atoms with Gasteiger partial charge in [0.15, 0.2) is 11.0 Å². The summed E-state index contributed by atoms with van der Waals surface area (Å²) in [6.45, 7) is 0. The highest BCUT2D eigenvalue weighted by Gasteiger charge is 2.04. The second kappa shape index (κ2) is 6.06. The van der Waals surface area contributed by atoms with Gasteiger partial charge in [0.25, 0.3) is 0 Å². The zero-order chi connectivity index (χ0) is 13.7. The van der Waals surface area contributed by atoms with Crippen LogP contribution in [0.4, 0.5) is 10.2 Å². The predicted octanol–water partition coefficient (Wildman–Crippen LogP) is 2.92. The van der Waals surface area contributed by atoms with E-state index < -0.39 is 5.91 Å². The summed E-state index contributed by atoms with van der Waals surface area (Å²) in [4.78, 5) is 19.3. The van der Waals surface area contributed by atoms with Gasteiger partial charge in [0.2, 0.25) is 5.91 Å². The molecule has 0 unspecified atom stereocenters. The van der Waals surface area contributed by atoms with E-state index in [0.717, 1.165) is 0 Å². The first-order valence-electron chi connectivity index (χ1n) is 5.36.